The van der Waals surface area contributed by atoms with E-state index in [0.29, 0.717) is 0 Å². The highest BCUT2D eigenvalue weighted by molar-refractivity contribution is 7.79. The topological polar surface area (TPSA) is 223 Å². The second-order valence-corrected chi connectivity index (χ2v) is 6.02. The summed E-state index contributed by atoms with van der Waals surface area (Å²) in [4.78, 5) is 24.9. The average Bonchev–Trinajstić information content (AvgIpc) is 2.60. The largest absolute Gasteiger partial charge is 0.759 e. The Kier molecular flexibility index (Phi) is 10.0. The molecule has 0 aliphatic heterocycles. The zero-order chi connectivity index (χ0) is 22.8. The van der Waals surface area contributed by atoms with Crippen LogP contribution >= 0.6 is 23.2 Å². The minimum absolute atomic E-state index is 0.0479. The van der Waals surface area contributed by atoms with Gasteiger partial charge in [0, 0.05) is 46.8 Å². The summed E-state index contributed by atoms with van der Waals surface area (Å²) in [6.07, 6.45) is 0. The maximum atomic E-state index is 10.2. The van der Waals surface area contributed by atoms with Crippen LogP contribution in [-0.2, 0) is 10.4 Å². The number of hydrogen-bond acceptors (Lipinski definition) is 10. The smallest absolute Gasteiger partial charge is 0.403 e. The van der Waals surface area contributed by atoms with E-state index in [0.717, 1.165) is 12.1 Å². The molecule has 29 heavy (non-hydrogen) atoms. The molecule has 2 aromatic rings. The van der Waals surface area contributed by atoms with E-state index in [4.69, 9.17) is 51.5 Å². The van der Waals surface area contributed by atoms with E-state index in [1.165, 1.54) is 24.3 Å². The molecule has 0 fully saturated rings. The summed E-state index contributed by atoms with van der Waals surface area (Å²) in [6, 6.07) is 7.19. The molecule has 14 nitrogen and oxygen atoms in total. The Morgan fingerprint density at radius 2 is 1.07 bits per heavy atom. The van der Waals surface area contributed by atoms with Crippen molar-refractivity contribution < 1.29 is 27.4 Å². The number of rotatable bonds is 2. The first kappa shape index (κ1) is 25.5. The Morgan fingerprint density at radius 1 is 0.793 bits per heavy atom. The van der Waals surface area contributed by atoms with Crippen molar-refractivity contribution in [2.45, 2.75) is 0 Å². The van der Waals surface area contributed by atoms with E-state index in [9.17, 15) is 20.2 Å². The van der Waals surface area contributed by atoms with Gasteiger partial charge in [-0.1, -0.05) is 23.2 Å². The van der Waals surface area contributed by atoms with Crippen LogP contribution in [-0.4, -0.2) is 27.4 Å². The van der Waals surface area contributed by atoms with Gasteiger partial charge in [-0.15, -0.1) is 0 Å². The van der Waals surface area contributed by atoms with E-state index in [-0.39, 0.29) is 32.8 Å². The van der Waals surface area contributed by atoms with Crippen molar-refractivity contribution in [1.82, 2.24) is 0 Å². The monoisotopic (exact) mass is 464 g/mol. The lowest BCUT2D eigenvalue weighted by molar-refractivity contribution is -0.385. The Balaban J connectivity index is 0.000000442. The molecule has 2 aromatic carbocycles. The molecule has 0 radical (unpaired) electrons. The van der Waals surface area contributed by atoms with Crippen molar-refractivity contribution >= 4 is 56.4 Å². The first-order chi connectivity index (χ1) is 13.3. The molecule has 0 saturated carbocycles. The molecule has 0 aliphatic rings. The van der Waals surface area contributed by atoms with Gasteiger partial charge in [0.05, 0.1) is 9.85 Å². The molecule has 0 N–H and O–H groups in total. The lowest BCUT2D eigenvalue weighted by Crippen LogP contribution is -1.91. The number of halogens is 2. The van der Waals surface area contributed by atoms with E-state index in [1.54, 1.807) is 0 Å². The average molecular weight is 465 g/mol. The summed E-state index contributed by atoms with van der Waals surface area (Å²) in [5.74, 6) is 0. The highest BCUT2D eigenvalue weighted by Crippen LogP contribution is 2.29. The van der Waals surface area contributed by atoms with Crippen LogP contribution in [0.3, 0.4) is 0 Å². The number of diazo groups is 2. The summed E-state index contributed by atoms with van der Waals surface area (Å²) < 4.78 is 34.1. The van der Waals surface area contributed by atoms with E-state index < -0.39 is 20.2 Å². The van der Waals surface area contributed by atoms with Crippen LogP contribution in [0.15, 0.2) is 36.4 Å². The Hall–Kier alpha value is -3.47. The number of non-ortho nitro benzene ring substituents is 2. The molecule has 0 unspecified atom stereocenters. The third-order valence-corrected chi connectivity index (χ3v) is 3.11. The maximum absolute atomic E-state index is 10.2. The first-order valence-electron chi connectivity index (χ1n) is 6.55. The molecule has 0 aliphatic carbocycles. The molecule has 0 bridgehead atoms. The molecule has 0 atom stereocenters. The van der Waals surface area contributed by atoms with Crippen LogP contribution in [0.1, 0.15) is 0 Å². The van der Waals surface area contributed by atoms with Gasteiger partial charge in [-0.2, -0.15) is 0 Å². The van der Waals surface area contributed by atoms with Gasteiger partial charge < -0.3 is 9.11 Å². The molecule has 0 spiro atoms. The van der Waals surface area contributed by atoms with Crippen molar-refractivity contribution in [3.63, 3.8) is 0 Å². The number of nitro groups is 2. The minimum Gasteiger partial charge on any atom is -0.759 e. The second-order valence-electron chi connectivity index (χ2n) is 4.39. The molecule has 17 heteroatoms. The lowest BCUT2D eigenvalue weighted by atomic mass is 10.3. The van der Waals surface area contributed by atoms with Gasteiger partial charge in [-0.25, -0.2) is 0 Å². The fraction of sp³-hybridized carbons (Fsp3) is 0. The Labute approximate surface area is 171 Å². The number of hydrogen-bond donors (Lipinski definition) is 0. The van der Waals surface area contributed by atoms with Gasteiger partial charge in [0.25, 0.3) is 11.4 Å². The summed E-state index contributed by atoms with van der Waals surface area (Å²) in [5, 5.41) is 37.1. The fourth-order valence-corrected chi connectivity index (χ4v) is 1.81. The van der Waals surface area contributed by atoms with Gasteiger partial charge in [0.15, 0.2) is 9.95 Å². The van der Waals surface area contributed by atoms with Crippen molar-refractivity contribution in [3.8, 4) is 0 Å². The molecular formula is C12H6Cl2N6O8S. The van der Waals surface area contributed by atoms with E-state index in [1.807, 2.05) is 0 Å². The van der Waals surface area contributed by atoms with Gasteiger partial charge in [-0.05, 0) is 0 Å². The van der Waals surface area contributed by atoms with Gasteiger partial charge >= 0.3 is 11.4 Å². The zero-order valence-corrected chi connectivity index (χ0v) is 15.9. The SMILES string of the molecule is N#[N+]c1ccc([N+](=O)[O-])cc1Cl.N#[N+]c1ccc([N+](=O)[O-])cc1Cl.O=S(=O)([O-])[O-]. The Bertz CT molecular complexity index is 1030. The van der Waals surface area contributed by atoms with Gasteiger partial charge in [0.1, 0.15) is 10.0 Å². The van der Waals surface area contributed by atoms with Gasteiger partial charge in [0.2, 0.25) is 10.8 Å². The normalized spacial score (nSPS) is 9.45. The standard InChI is InChI=1S/2C6H3ClN3O2.H2O4S/c2*7-5-3-4(10(11)12)1-2-6(5)9-8;1-5(2,3)4/h2*1-3H;(H2,1,2,3,4)/q2*+1;/p-2. The molecule has 2 rings (SSSR count). The summed E-state index contributed by atoms with van der Waals surface area (Å²) in [7, 11) is -5.17. The van der Waals surface area contributed by atoms with E-state index >= 15 is 0 Å². The van der Waals surface area contributed by atoms with Crippen LogP contribution in [0.2, 0.25) is 10.0 Å². The lowest BCUT2D eigenvalue weighted by Gasteiger charge is -2.06. The molecular weight excluding hydrogens is 459 g/mol. The quantitative estimate of drug-likeness (QED) is 0.203. The molecule has 0 heterocycles. The summed E-state index contributed by atoms with van der Waals surface area (Å²) in [5.41, 5.74) is -0.0377. The summed E-state index contributed by atoms with van der Waals surface area (Å²) >= 11 is 11.0. The third-order valence-electron chi connectivity index (χ3n) is 2.50. The van der Waals surface area contributed by atoms with E-state index in [2.05, 4.69) is 9.95 Å². The van der Waals surface area contributed by atoms with Crippen molar-refractivity contribution in [2.24, 2.45) is 0 Å². The maximum Gasteiger partial charge on any atom is 0.403 e. The first-order valence-corrected chi connectivity index (χ1v) is 8.63. The fourth-order valence-electron chi connectivity index (χ4n) is 1.38. The summed E-state index contributed by atoms with van der Waals surface area (Å²) in [6.45, 7) is 0. The predicted octanol–water partition coefficient (Wildman–Crippen LogP) is 4.13. The van der Waals surface area contributed by atoms with Gasteiger partial charge in [-0.3, -0.25) is 28.6 Å². The molecule has 0 amide bonds. The number of benzene rings is 2. The van der Waals surface area contributed by atoms with Crippen molar-refractivity contribution in [2.75, 3.05) is 0 Å². The highest BCUT2D eigenvalue weighted by Gasteiger charge is 2.17. The van der Waals surface area contributed by atoms with Crippen LogP contribution in [0.25, 0.3) is 9.95 Å². The van der Waals surface area contributed by atoms with Crippen LogP contribution in [0.4, 0.5) is 22.7 Å². The predicted molar refractivity (Wildman–Crippen MR) is 96.2 cm³/mol. The molecule has 152 valence electrons. The minimum atomic E-state index is -5.17. The van der Waals surface area contributed by atoms with Crippen molar-refractivity contribution in [1.29, 1.82) is 10.8 Å². The molecule has 0 saturated heterocycles. The number of nitrogens with zero attached hydrogens (tertiary/aromatic N) is 6. The highest BCUT2D eigenvalue weighted by atomic mass is 35.5. The van der Waals surface area contributed by atoms with Crippen molar-refractivity contribution in [3.05, 3.63) is 76.6 Å². The van der Waals surface area contributed by atoms with Crippen LogP contribution in [0.5, 0.6) is 0 Å². The zero-order valence-electron chi connectivity index (χ0n) is 13.6. The second kappa shape index (κ2) is 11.4. The van der Waals surface area contributed by atoms with Crippen LogP contribution < -0.4 is 0 Å². The Morgan fingerprint density at radius 3 is 1.24 bits per heavy atom. The third kappa shape index (κ3) is 10.4. The molecule has 0 aromatic heterocycles. The van der Waals surface area contributed by atoms with Crippen LogP contribution in [0, 0.1) is 31.0 Å². The number of nitro benzene ring substituents is 2.